The molecule has 1 unspecified atom stereocenters. The fourth-order valence-electron chi connectivity index (χ4n) is 1.58. The zero-order valence-corrected chi connectivity index (χ0v) is 12.5. The molecule has 1 amide bonds. The predicted octanol–water partition coefficient (Wildman–Crippen LogP) is 2.58. The number of benzene rings is 1. The van der Waals surface area contributed by atoms with Gasteiger partial charge in [-0.3, -0.25) is 9.59 Å². The van der Waals surface area contributed by atoms with Crippen LogP contribution < -0.4 is 10.1 Å². The quantitative estimate of drug-likeness (QED) is 0.846. The monoisotopic (exact) mass is 299 g/mol. The van der Waals surface area contributed by atoms with Gasteiger partial charge in [0.05, 0.1) is 18.1 Å². The van der Waals surface area contributed by atoms with E-state index in [0.29, 0.717) is 17.2 Å². The Morgan fingerprint density at radius 3 is 2.60 bits per heavy atom. The van der Waals surface area contributed by atoms with Crippen LogP contribution in [0.3, 0.4) is 0 Å². The second-order valence-corrected chi connectivity index (χ2v) is 5.18. The van der Waals surface area contributed by atoms with Gasteiger partial charge in [-0.15, -0.1) is 0 Å². The third kappa shape index (κ3) is 3.63. The third-order valence-corrected chi connectivity index (χ3v) is 3.58. The average molecular weight is 300 g/mol. The first-order chi connectivity index (χ1) is 9.34. The molecule has 0 heterocycles. The minimum absolute atomic E-state index is 0.0351. The second kappa shape index (κ2) is 6.61. The minimum atomic E-state index is -0.999. The summed E-state index contributed by atoms with van der Waals surface area (Å²) in [6, 6.07) is 4.69. The van der Waals surface area contributed by atoms with Crippen LogP contribution in [0.4, 0.5) is 0 Å². The zero-order valence-electron chi connectivity index (χ0n) is 11.7. The van der Waals surface area contributed by atoms with Crippen LogP contribution in [0.2, 0.25) is 5.02 Å². The number of amides is 1. The Hall–Kier alpha value is -1.75. The third-order valence-electron chi connectivity index (χ3n) is 3.34. The van der Waals surface area contributed by atoms with Crippen LogP contribution in [0.1, 0.15) is 30.6 Å². The van der Waals surface area contributed by atoms with Gasteiger partial charge in [0.25, 0.3) is 5.91 Å². The van der Waals surface area contributed by atoms with Gasteiger partial charge in [0.15, 0.2) is 0 Å². The van der Waals surface area contributed by atoms with Crippen molar-refractivity contribution in [1.29, 1.82) is 0 Å². The van der Waals surface area contributed by atoms with Gasteiger partial charge in [0, 0.05) is 11.6 Å². The molecule has 0 bridgehead atoms. The molecule has 110 valence electrons. The summed E-state index contributed by atoms with van der Waals surface area (Å²) in [6.45, 7) is 3.39. The van der Waals surface area contributed by atoms with Crippen LogP contribution in [-0.2, 0) is 4.79 Å². The van der Waals surface area contributed by atoms with Crippen molar-refractivity contribution in [3.8, 4) is 5.75 Å². The fraction of sp³-hybridized carbons (Fsp3) is 0.429. The zero-order chi connectivity index (χ0) is 15.3. The van der Waals surface area contributed by atoms with E-state index in [1.54, 1.807) is 26.0 Å². The molecule has 1 aromatic carbocycles. The molecule has 0 aliphatic carbocycles. The summed E-state index contributed by atoms with van der Waals surface area (Å²) < 4.78 is 5.09. The molecule has 0 aliphatic rings. The molecule has 5 nitrogen and oxygen atoms in total. The Morgan fingerprint density at radius 2 is 2.10 bits per heavy atom. The average Bonchev–Trinajstić information content (AvgIpc) is 2.44. The van der Waals surface area contributed by atoms with E-state index in [1.165, 1.54) is 13.2 Å². The highest BCUT2D eigenvalue weighted by Crippen LogP contribution is 2.24. The molecule has 20 heavy (non-hydrogen) atoms. The lowest BCUT2D eigenvalue weighted by Crippen LogP contribution is -2.40. The largest absolute Gasteiger partial charge is 0.496 e. The molecule has 0 saturated carbocycles. The van der Waals surface area contributed by atoms with Crippen LogP contribution in [0.15, 0.2) is 18.2 Å². The number of hydrogen-bond acceptors (Lipinski definition) is 3. The van der Waals surface area contributed by atoms with Crippen LogP contribution in [0.25, 0.3) is 0 Å². The van der Waals surface area contributed by atoms with E-state index in [1.807, 2.05) is 0 Å². The first-order valence-corrected chi connectivity index (χ1v) is 6.57. The maximum atomic E-state index is 12.1. The highest BCUT2D eigenvalue weighted by Gasteiger charge is 2.31. The molecule has 1 atom stereocenters. The number of carboxylic acid groups (broad SMARTS) is 1. The van der Waals surface area contributed by atoms with Crippen molar-refractivity contribution >= 4 is 23.5 Å². The number of halogens is 1. The minimum Gasteiger partial charge on any atom is -0.496 e. The molecule has 0 spiro atoms. The highest BCUT2D eigenvalue weighted by molar-refractivity contribution is 6.31. The molecule has 2 N–H and O–H groups in total. The molecule has 0 aromatic heterocycles. The van der Waals surface area contributed by atoms with Crippen molar-refractivity contribution in [2.75, 3.05) is 13.7 Å². The van der Waals surface area contributed by atoms with Gasteiger partial charge < -0.3 is 15.2 Å². The predicted molar refractivity (Wildman–Crippen MR) is 76.4 cm³/mol. The Bertz CT molecular complexity index is 518. The fourth-order valence-corrected chi connectivity index (χ4v) is 1.75. The number of aliphatic carboxylic acids is 1. The lowest BCUT2D eigenvalue weighted by Gasteiger charge is -2.23. The summed E-state index contributed by atoms with van der Waals surface area (Å²) in [4.78, 5) is 23.3. The Labute approximate surface area is 122 Å². The van der Waals surface area contributed by atoms with Crippen molar-refractivity contribution in [2.24, 2.45) is 5.41 Å². The van der Waals surface area contributed by atoms with Crippen LogP contribution >= 0.6 is 11.6 Å². The van der Waals surface area contributed by atoms with Crippen LogP contribution in [0, 0.1) is 5.41 Å². The summed E-state index contributed by atoms with van der Waals surface area (Å²) in [5.74, 6) is -0.968. The number of carbonyl (C=O) groups is 2. The number of rotatable bonds is 6. The molecular formula is C14H18ClNO4. The van der Waals surface area contributed by atoms with Crippen molar-refractivity contribution in [1.82, 2.24) is 5.32 Å². The van der Waals surface area contributed by atoms with E-state index in [4.69, 9.17) is 21.4 Å². The molecule has 6 heteroatoms. The SMILES string of the molecule is CCC(C)(CNC(=O)c1cc(Cl)ccc1OC)C(=O)O. The second-order valence-electron chi connectivity index (χ2n) is 4.75. The van der Waals surface area contributed by atoms with Gasteiger partial charge >= 0.3 is 5.97 Å². The molecule has 0 radical (unpaired) electrons. The number of carbonyl (C=O) groups excluding carboxylic acids is 1. The molecular weight excluding hydrogens is 282 g/mol. The topological polar surface area (TPSA) is 75.6 Å². The Balaban J connectivity index is 2.87. The Morgan fingerprint density at radius 1 is 1.45 bits per heavy atom. The van der Waals surface area contributed by atoms with E-state index >= 15 is 0 Å². The summed E-state index contributed by atoms with van der Waals surface area (Å²) in [7, 11) is 1.45. The molecule has 0 aliphatic heterocycles. The van der Waals surface area contributed by atoms with Gasteiger partial charge in [-0.2, -0.15) is 0 Å². The lowest BCUT2D eigenvalue weighted by atomic mass is 9.87. The van der Waals surface area contributed by atoms with Gasteiger partial charge in [-0.1, -0.05) is 18.5 Å². The van der Waals surface area contributed by atoms with Crippen LogP contribution in [0.5, 0.6) is 5.75 Å². The summed E-state index contributed by atoms with van der Waals surface area (Å²) in [5.41, 5.74) is -0.717. The lowest BCUT2D eigenvalue weighted by molar-refractivity contribution is -0.147. The molecule has 1 aromatic rings. The van der Waals surface area contributed by atoms with E-state index in [9.17, 15) is 9.59 Å². The van der Waals surface area contributed by atoms with Crippen molar-refractivity contribution < 1.29 is 19.4 Å². The smallest absolute Gasteiger partial charge is 0.311 e. The van der Waals surface area contributed by atoms with Crippen molar-refractivity contribution in [3.05, 3.63) is 28.8 Å². The number of nitrogens with one attached hydrogen (secondary N) is 1. The van der Waals surface area contributed by atoms with Crippen LogP contribution in [-0.4, -0.2) is 30.6 Å². The Kier molecular flexibility index (Phi) is 5.39. The standard InChI is InChI=1S/C14H18ClNO4/c1-4-14(2,13(18)19)8-16-12(17)10-7-9(15)5-6-11(10)20-3/h5-7H,4,8H2,1-3H3,(H,16,17)(H,18,19). The summed E-state index contributed by atoms with van der Waals surface area (Å²) >= 11 is 5.86. The molecule has 0 fully saturated rings. The van der Waals surface area contributed by atoms with E-state index in [-0.39, 0.29) is 12.1 Å². The molecule has 0 saturated heterocycles. The highest BCUT2D eigenvalue weighted by atomic mass is 35.5. The van der Waals surface area contributed by atoms with Gasteiger partial charge in [-0.05, 0) is 31.5 Å². The van der Waals surface area contributed by atoms with Crippen molar-refractivity contribution in [3.63, 3.8) is 0 Å². The summed E-state index contributed by atoms with van der Waals surface area (Å²) in [6.07, 6.45) is 0.412. The van der Waals surface area contributed by atoms with Crippen molar-refractivity contribution in [2.45, 2.75) is 20.3 Å². The normalized spacial score (nSPS) is 13.4. The van der Waals surface area contributed by atoms with E-state index < -0.39 is 17.3 Å². The van der Waals surface area contributed by atoms with E-state index in [2.05, 4.69) is 5.32 Å². The molecule has 1 rings (SSSR count). The number of methoxy groups -OCH3 is 1. The van der Waals surface area contributed by atoms with Gasteiger partial charge in [0.1, 0.15) is 5.75 Å². The van der Waals surface area contributed by atoms with E-state index in [0.717, 1.165) is 0 Å². The summed E-state index contributed by atoms with van der Waals surface area (Å²) in [5, 5.41) is 12.2. The van der Waals surface area contributed by atoms with Gasteiger partial charge in [-0.25, -0.2) is 0 Å². The van der Waals surface area contributed by atoms with Gasteiger partial charge in [0.2, 0.25) is 0 Å². The first-order valence-electron chi connectivity index (χ1n) is 6.19. The number of ether oxygens (including phenoxy) is 1. The number of hydrogen-bond donors (Lipinski definition) is 2. The maximum absolute atomic E-state index is 12.1. The first kappa shape index (κ1) is 16.3. The maximum Gasteiger partial charge on any atom is 0.311 e. The number of carboxylic acids is 1.